The summed E-state index contributed by atoms with van der Waals surface area (Å²) in [5, 5.41) is 9.08. The van der Waals surface area contributed by atoms with Crippen LogP contribution >= 0.6 is 0 Å². The van der Waals surface area contributed by atoms with E-state index in [9.17, 15) is 8.42 Å². The molecule has 0 amide bonds. The molecule has 4 nitrogen and oxygen atoms in total. The Morgan fingerprint density at radius 3 is 2.56 bits per heavy atom. The van der Waals surface area contributed by atoms with Gasteiger partial charge in [-0.1, -0.05) is 18.9 Å². The molecule has 0 aliphatic heterocycles. The molecule has 0 unspecified atom stereocenters. The summed E-state index contributed by atoms with van der Waals surface area (Å²) in [6, 6.07) is 4.91. The highest BCUT2D eigenvalue weighted by Gasteiger charge is 2.23. The van der Waals surface area contributed by atoms with Crippen molar-refractivity contribution in [3.63, 3.8) is 0 Å². The van der Waals surface area contributed by atoms with Gasteiger partial charge in [0.1, 0.15) is 0 Å². The van der Waals surface area contributed by atoms with E-state index in [1.165, 1.54) is 0 Å². The Hall–Kier alpha value is -0.910. The van der Waals surface area contributed by atoms with Crippen LogP contribution in [0.2, 0.25) is 0 Å². The van der Waals surface area contributed by atoms with Crippen LogP contribution in [-0.2, 0) is 16.6 Å². The average Bonchev–Trinajstić information content (AvgIpc) is 2.81. The van der Waals surface area contributed by atoms with Gasteiger partial charge >= 0.3 is 0 Å². The maximum atomic E-state index is 12.2. The van der Waals surface area contributed by atoms with Gasteiger partial charge in [-0.3, -0.25) is 0 Å². The second-order valence-corrected chi connectivity index (χ2v) is 6.56. The number of nitrogens with one attached hydrogen (secondary N) is 1. The van der Waals surface area contributed by atoms with Gasteiger partial charge in [-0.25, -0.2) is 13.1 Å². The first-order valence-corrected chi connectivity index (χ1v) is 7.74. The fourth-order valence-electron chi connectivity index (χ4n) is 2.34. The molecule has 2 N–H and O–H groups in total. The Balaban J connectivity index is 2.21. The Morgan fingerprint density at radius 2 is 2.00 bits per heavy atom. The monoisotopic (exact) mass is 269 g/mol. The highest BCUT2D eigenvalue weighted by molar-refractivity contribution is 7.89. The lowest BCUT2D eigenvalue weighted by Gasteiger charge is -2.13. The Morgan fingerprint density at radius 1 is 1.33 bits per heavy atom. The normalized spacial score (nSPS) is 17.2. The van der Waals surface area contributed by atoms with E-state index in [1.807, 2.05) is 0 Å². The SMILES string of the molecule is Cc1cc(S(=O)(=O)NC2CCCC2)ccc1CO. The number of hydrogen-bond acceptors (Lipinski definition) is 3. The van der Waals surface area contributed by atoms with Crippen LogP contribution in [0.15, 0.2) is 23.1 Å². The molecule has 0 saturated heterocycles. The summed E-state index contributed by atoms with van der Waals surface area (Å²) in [5.74, 6) is 0. The fourth-order valence-corrected chi connectivity index (χ4v) is 3.73. The van der Waals surface area contributed by atoms with Crippen molar-refractivity contribution in [2.24, 2.45) is 0 Å². The first-order valence-electron chi connectivity index (χ1n) is 6.25. The van der Waals surface area contributed by atoms with Crippen molar-refractivity contribution in [3.8, 4) is 0 Å². The predicted octanol–water partition coefficient (Wildman–Crippen LogP) is 1.71. The molecule has 1 aromatic rings. The fraction of sp³-hybridized carbons (Fsp3) is 0.538. The molecule has 0 spiro atoms. The van der Waals surface area contributed by atoms with E-state index in [0.717, 1.165) is 36.8 Å². The third-order valence-electron chi connectivity index (χ3n) is 3.47. The molecule has 2 rings (SSSR count). The van der Waals surface area contributed by atoms with Crippen LogP contribution in [0.5, 0.6) is 0 Å². The van der Waals surface area contributed by atoms with E-state index in [-0.39, 0.29) is 17.5 Å². The highest BCUT2D eigenvalue weighted by atomic mass is 32.2. The number of sulfonamides is 1. The molecule has 1 aliphatic rings. The molecule has 1 aromatic carbocycles. The zero-order valence-corrected chi connectivity index (χ0v) is 11.3. The Labute approximate surface area is 108 Å². The van der Waals surface area contributed by atoms with Crippen LogP contribution in [0.4, 0.5) is 0 Å². The lowest BCUT2D eigenvalue weighted by Crippen LogP contribution is -2.32. The number of aliphatic hydroxyl groups is 1. The summed E-state index contributed by atoms with van der Waals surface area (Å²) >= 11 is 0. The average molecular weight is 269 g/mol. The number of aryl methyl sites for hydroxylation is 1. The van der Waals surface area contributed by atoms with Gasteiger partial charge in [-0.15, -0.1) is 0 Å². The molecule has 100 valence electrons. The van der Waals surface area contributed by atoms with Crippen molar-refractivity contribution in [2.45, 2.75) is 50.2 Å². The van der Waals surface area contributed by atoms with Crippen LogP contribution in [0.25, 0.3) is 0 Å². The van der Waals surface area contributed by atoms with Crippen LogP contribution in [0.3, 0.4) is 0 Å². The number of rotatable bonds is 4. The molecule has 0 heterocycles. The van der Waals surface area contributed by atoms with Crippen molar-refractivity contribution >= 4 is 10.0 Å². The Bertz CT molecular complexity index is 519. The molecule has 0 bridgehead atoms. The zero-order chi connectivity index (χ0) is 13.2. The topological polar surface area (TPSA) is 66.4 Å². The number of aliphatic hydroxyl groups excluding tert-OH is 1. The van der Waals surface area contributed by atoms with Crippen LogP contribution in [0.1, 0.15) is 36.8 Å². The smallest absolute Gasteiger partial charge is 0.240 e. The first-order chi connectivity index (χ1) is 8.53. The molecule has 18 heavy (non-hydrogen) atoms. The van der Waals surface area contributed by atoms with Crippen molar-refractivity contribution in [2.75, 3.05) is 0 Å². The minimum atomic E-state index is -3.42. The summed E-state index contributed by atoms with van der Waals surface area (Å²) in [7, 11) is -3.42. The standard InChI is InChI=1S/C13H19NO3S/c1-10-8-13(7-6-11(10)9-15)18(16,17)14-12-4-2-3-5-12/h6-8,12,14-15H,2-5,9H2,1H3. The summed E-state index contributed by atoms with van der Waals surface area (Å²) in [5.41, 5.74) is 1.56. The van der Waals surface area contributed by atoms with Crippen molar-refractivity contribution in [3.05, 3.63) is 29.3 Å². The summed E-state index contributed by atoms with van der Waals surface area (Å²) in [4.78, 5) is 0.282. The maximum absolute atomic E-state index is 12.2. The van der Waals surface area contributed by atoms with Gasteiger partial charge in [0.15, 0.2) is 0 Å². The van der Waals surface area contributed by atoms with Crippen molar-refractivity contribution in [1.82, 2.24) is 4.72 Å². The van der Waals surface area contributed by atoms with Crippen molar-refractivity contribution < 1.29 is 13.5 Å². The zero-order valence-electron chi connectivity index (χ0n) is 10.5. The van der Waals surface area contributed by atoms with Gasteiger partial charge in [0.2, 0.25) is 10.0 Å². The molecule has 5 heteroatoms. The lowest BCUT2D eigenvalue weighted by molar-refractivity contribution is 0.281. The third kappa shape index (κ3) is 2.91. The molecule has 1 aliphatic carbocycles. The molecule has 0 aromatic heterocycles. The van der Waals surface area contributed by atoms with E-state index >= 15 is 0 Å². The number of benzene rings is 1. The molecular weight excluding hydrogens is 250 g/mol. The van der Waals surface area contributed by atoms with Gasteiger partial charge < -0.3 is 5.11 Å². The highest BCUT2D eigenvalue weighted by Crippen LogP contribution is 2.21. The molecule has 0 radical (unpaired) electrons. The molecule has 1 fully saturated rings. The second kappa shape index (κ2) is 5.38. The summed E-state index contributed by atoms with van der Waals surface area (Å²) in [6.45, 7) is 1.74. The van der Waals surface area contributed by atoms with Gasteiger partial charge in [0.25, 0.3) is 0 Å². The largest absolute Gasteiger partial charge is 0.392 e. The minimum absolute atomic E-state index is 0.0672. The van der Waals surface area contributed by atoms with Gasteiger partial charge in [-0.05, 0) is 43.0 Å². The summed E-state index contributed by atoms with van der Waals surface area (Å²) in [6.07, 6.45) is 4.03. The van der Waals surface area contributed by atoms with E-state index < -0.39 is 10.0 Å². The third-order valence-corrected chi connectivity index (χ3v) is 4.99. The van der Waals surface area contributed by atoms with E-state index in [4.69, 9.17) is 5.11 Å². The van der Waals surface area contributed by atoms with Crippen LogP contribution in [0, 0.1) is 6.92 Å². The van der Waals surface area contributed by atoms with E-state index in [1.54, 1.807) is 25.1 Å². The van der Waals surface area contributed by atoms with Crippen LogP contribution < -0.4 is 4.72 Å². The van der Waals surface area contributed by atoms with E-state index in [0.29, 0.717) is 0 Å². The minimum Gasteiger partial charge on any atom is -0.392 e. The van der Waals surface area contributed by atoms with Crippen molar-refractivity contribution in [1.29, 1.82) is 0 Å². The maximum Gasteiger partial charge on any atom is 0.240 e. The van der Waals surface area contributed by atoms with E-state index in [2.05, 4.69) is 4.72 Å². The summed E-state index contributed by atoms with van der Waals surface area (Å²) < 4.78 is 27.1. The number of hydrogen-bond donors (Lipinski definition) is 2. The first kappa shape index (κ1) is 13.5. The van der Waals surface area contributed by atoms with Gasteiger partial charge in [-0.2, -0.15) is 0 Å². The molecule has 0 atom stereocenters. The molecule has 1 saturated carbocycles. The van der Waals surface area contributed by atoms with Gasteiger partial charge in [0.05, 0.1) is 11.5 Å². The second-order valence-electron chi connectivity index (χ2n) is 4.85. The predicted molar refractivity (Wildman–Crippen MR) is 69.7 cm³/mol. The van der Waals surface area contributed by atoms with Gasteiger partial charge in [0, 0.05) is 6.04 Å². The lowest BCUT2D eigenvalue weighted by atomic mass is 10.1. The Kier molecular flexibility index (Phi) is 4.04. The van der Waals surface area contributed by atoms with Crippen LogP contribution in [-0.4, -0.2) is 19.6 Å². The molecular formula is C13H19NO3S. The quantitative estimate of drug-likeness (QED) is 0.874.